The van der Waals surface area contributed by atoms with Crippen LogP contribution in [-0.2, 0) is 4.79 Å². The summed E-state index contributed by atoms with van der Waals surface area (Å²) in [5.41, 5.74) is 0.754. The lowest BCUT2D eigenvalue weighted by atomic mass is 10.2. The van der Waals surface area contributed by atoms with E-state index in [1.165, 1.54) is 36.2 Å². The Kier molecular flexibility index (Phi) is 5.67. The fraction of sp³-hybridized carbons (Fsp3) is 0.176. The van der Waals surface area contributed by atoms with Gasteiger partial charge >= 0.3 is 0 Å². The fourth-order valence-electron chi connectivity index (χ4n) is 2.11. The van der Waals surface area contributed by atoms with Crippen molar-refractivity contribution in [2.24, 2.45) is 0 Å². The van der Waals surface area contributed by atoms with Crippen LogP contribution in [0.2, 0.25) is 0 Å². The van der Waals surface area contributed by atoms with Crippen LogP contribution < -0.4 is 10.1 Å². The van der Waals surface area contributed by atoms with E-state index in [9.17, 15) is 19.7 Å². The zero-order valence-electron chi connectivity index (χ0n) is 13.8. The summed E-state index contributed by atoms with van der Waals surface area (Å²) in [6, 6.07) is 12.0. The van der Waals surface area contributed by atoms with Gasteiger partial charge in [-0.05, 0) is 36.4 Å². The van der Waals surface area contributed by atoms with Gasteiger partial charge in [0.15, 0.2) is 0 Å². The number of amides is 2. The molecule has 2 aromatic carbocycles. The van der Waals surface area contributed by atoms with E-state index < -0.39 is 10.8 Å². The molecule has 0 saturated heterocycles. The number of likely N-dealkylation sites (N-methyl/N-ethyl adjacent to an activating group) is 1. The number of methoxy groups -OCH3 is 1. The molecule has 2 rings (SSSR count). The van der Waals surface area contributed by atoms with Gasteiger partial charge in [-0.25, -0.2) is 0 Å². The topological polar surface area (TPSA) is 102 Å². The molecule has 0 bridgehead atoms. The standard InChI is InChI=1S/C17H17N3O5/c1-19(17(22)12-3-7-14(8-4-12)20(23)24)11-16(21)18-13-5-9-15(25-2)10-6-13/h3-10H,11H2,1-2H3,(H,18,21). The van der Waals surface area contributed by atoms with Gasteiger partial charge in [-0.3, -0.25) is 19.7 Å². The average molecular weight is 343 g/mol. The van der Waals surface area contributed by atoms with E-state index in [0.717, 1.165) is 0 Å². The normalized spacial score (nSPS) is 10.0. The van der Waals surface area contributed by atoms with E-state index in [0.29, 0.717) is 11.4 Å². The van der Waals surface area contributed by atoms with Gasteiger partial charge in [0.25, 0.3) is 11.6 Å². The first-order chi connectivity index (χ1) is 11.9. The van der Waals surface area contributed by atoms with E-state index in [1.807, 2.05) is 0 Å². The van der Waals surface area contributed by atoms with Crippen LogP contribution in [0.3, 0.4) is 0 Å². The molecular weight excluding hydrogens is 326 g/mol. The van der Waals surface area contributed by atoms with Crippen molar-refractivity contribution in [3.63, 3.8) is 0 Å². The summed E-state index contributed by atoms with van der Waals surface area (Å²) in [5, 5.41) is 13.3. The first-order valence-electron chi connectivity index (χ1n) is 7.34. The maximum Gasteiger partial charge on any atom is 0.269 e. The molecule has 0 aromatic heterocycles. The number of rotatable bonds is 6. The number of nitro benzene ring substituents is 1. The van der Waals surface area contributed by atoms with Crippen molar-refractivity contribution in [3.05, 3.63) is 64.2 Å². The number of carbonyl (C=O) groups is 2. The monoisotopic (exact) mass is 343 g/mol. The van der Waals surface area contributed by atoms with Crippen molar-refractivity contribution in [1.29, 1.82) is 0 Å². The molecule has 25 heavy (non-hydrogen) atoms. The molecule has 2 aromatic rings. The second-order valence-electron chi connectivity index (χ2n) is 5.24. The van der Waals surface area contributed by atoms with Crippen LogP contribution in [0.1, 0.15) is 10.4 Å². The number of hydrogen-bond acceptors (Lipinski definition) is 5. The largest absolute Gasteiger partial charge is 0.497 e. The van der Waals surface area contributed by atoms with Crippen molar-refractivity contribution in [3.8, 4) is 5.75 Å². The highest BCUT2D eigenvalue weighted by Gasteiger charge is 2.16. The predicted octanol–water partition coefficient (Wildman–Crippen LogP) is 2.31. The third-order valence-corrected chi connectivity index (χ3v) is 3.43. The summed E-state index contributed by atoms with van der Waals surface area (Å²) in [6.45, 7) is -0.151. The van der Waals surface area contributed by atoms with Gasteiger partial charge in [-0.15, -0.1) is 0 Å². The molecular formula is C17H17N3O5. The van der Waals surface area contributed by atoms with Crippen LogP contribution in [0.15, 0.2) is 48.5 Å². The first-order valence-corrected chi connectivity index (χ1v) is 7.34. The number of anilines is 1. The van der Waals surface area contributed by atoms with Crippen LogP contribution in [0.4, 0.5) is 11.4 Å². The summed E-state index contributed by atoms with van der Waals surface area (Å²) >= 11 is 0. The number of carbonyl (C=O) groups excluding carboxylic acids is 2. The molecule has 0 aliphatic carbocycles. The lowest BCUT2D eigenvalue weighted by molar-refractivity contribution is -0.384. The third kappa shape index (κ3) is 4.77. The number of ether oxygens (including phenoxy) is 1. The quantitative estimate of drug-likeness (QED) is 0.640. The molecule has 0 heterocycles. The maximum atomic E-state index is 12.3. The zero-order chi connectivity index (χ0) is 18.4. The van der Waals surface area contributed by atoms with Gasteiger partial charge in [-0.1, -0.05) is 0 Å². The molecule has 0 spiro atoms. The van der Waals surface area contributed by atoms with Crippen LogP contribution in [-0.4, -0.2) is 42.3 Å². The molecule has 0 unspecified atom stereocenters. The lowest BCUT2D eigenvalue weighted by Gasteiger charge is -2.17. The maximum absolute atomic E-state index is 12.3. The Hall–Kier alpha value is -3.42. The van der Waals surface area contributed by atoms with Gasteiger partial charge in [0.05, 0.1) is 18.6 Å². The highest BCUT2D eigenvalue weighted by Crippen LogP contribution is 2.15. The van der Waals surface area contributed by atoms with Crippen molar-refractivity contribution in [2.75, 3.05) is 26.0 Å². The van der Waals surface area contributed by atoms with Gasteiger partial charge in [0.2, 0.25) is 5.91 Å². The Morgan fingerprint density at radius 2 is 1.72 bits per heavy atom. The van der Waals surface area contributed by atoms with Crippen molar-refractivity contribution in [1.82, 2.24) is 4.90 Å². The Labute approximate surface area is 144 Å². The van der Waals surface area contributed by atoms with Crippen LogP contribution in [0.25, 0.3) is 0 Å². The Morgan fingerprint density at radius 1 is 1.12 bits per heavy atom. The minimum absolute atomic E-state index is 0.101. The summed E-state index contributed by atoms with van der Waals surface area (Å²) in [4.78, 5) is 35.6. The zero-order valence-corrected chi connectivity index (χ0v) is 13.8. The highest BCUT2D eigenvalue weighted by atomic mass is 16.6. The molecule has 8 heteroatoms. The van der Waals surface area contributed by atoms with E-state index in [2.05, 4.69) is 5.32 Å². The van der Waals surface area contributed by atoms with Crippen molar-refractivity contribution < 1.29 is 19.2 Å². The predicted molar refractivity (Wildman–Crippen MR) is 91.7 cm³/mol. The number of non-ortho nitro benzene ring substituents is 1. The number of nitro groups is 1. The summed E-state index contributed by atoms with van der Waals surface area (Å²) in [7, 11) is 3.03. The summed E-state index contributed by atoms with van der Waals surface area (Å²) < 4.78 is 5.03. The van der Waals surface area contributed by atoms with Crippen molar-refractivity contribution in [2.45, 2.75) is 0 Å². The number of benzene rings is 2. The first kappa shape index (κ1) is 17.9. The van der Waals surface area contributed by atoms with E-state index >= 15 is 0 Å². The number of hydrogen-bond donors (Lipinski definition) is 1. The second-order valence-corrected chi connectivity index (χ2v) is 5.24. The minimum Gasteiger partial charge on any atom is -0.497 e. The second kappa shape index (κ2) is 7.91. The Balaban J connectivity index is 1.95. The molecule has 0 aliphatic rings. The van der Waals surface area contributed by atoms with Gasteiger partial charge in [0, 0.05) is 30.4 Å². The summed E-state index contributed by atoms with van der Waals surface area (Å²) in [5.74, 6) is -0.0915. The molecule has 0 atom stereocenters. The van der Waals surface area contributed by atoms with E-state index in [-0.39, 0.29) is 23.7 Å². The number of nitrogens with one attached hydrogen (secondary N) is 1. The minimum atomic E-state index is -0.541. The molecule has 0 aliphatic heterocycles. The van der Waals surface area contributed by atoms with Crippen molar-refractivity contribution >= 4 is 23.2 Å². The Morgan fingerprint density at radius 3 is 2.24 bits per heavy atom. The lowest BCUT2D eigenvalue weighted by Crippen LogP contribution is -2.34. The molecule has 130 valence electrons. The van der Waals surface area contributed by atoms with Crippen LogP contribution in [0, 0.1) is 10.1 Å². The Bertz CT molecular complexity index is 772. The molecule has 0 radical (unpaired) electrons. The molecule has 0 fully saturated rings. The van der Waals surface area contributed by atoms with E-state index in [1.54, 1.807) is 31.4 Å². The smallest absolute Gasteiger partial charge is 0.269 e. The van der Waals surface area contributed by atoms with Gasteiger partial charge in [-0.2, -0.15) is 0 Å². The summed E-state index contributed by atoms with van der Waals surface area (Å²) in [6.07, 6.45) is 0. The fourth-order valence-corrected chi connectivity index (χ4v) is 2.11. The van der Waals surface area contributed by atoms with Gasteiger partial charge < -0.3 is 15.0 Å². The molecule has 2 amide bonds. The average Bonchev–Trinajstić information content (AvgIpc) is 2.61. The third-order valence-electron chi connectivity index (χ3n) is 3.43. The van der Waals surface area contributed by atoms with Crippen LogP contribution in [0.5, 0.6) is 5.75 Å². The molecule has 0 saturated carbocycles. The molecule has 1 N–H and O–H groups in total. The van der Waals surface area contributed by atoms with Crippen LogP contribution >= 0.6 is 0 Å². The SMILES string of the molecule is COc1ccc(NC(=O)CN(C)C(=O)c2ccc([N+](=O)[O-])cc2)cc1. The highest BCUT2D eigenvalue weighted by molar-refractivity contribution is 5.99. The number of nitrogens with zero attached hydrogens (tertiary/aromatic N) is 2. The van der Waals surface area contributed by atoms with E-state index in [4.69, 9.17) is 4.74 Å². The molecule has 8 nitrogen and oxygen atoms in total. The van der Waals surface area contributed by atoms with Gasteiger partial charge in [0.1, 0.15) is 5.75 Å².